The molecule has 2 rings (SSSR count). The standard InChI is InChI=1S/C15H17ClN2O/c1-14(2,3)15(19,11-7-4-5-10-17-11)12-8-6-9-13(16)18-12/h4-10,19H,1-3H3. The van der Waals surface area contributed by atoms with Gasteiger partial charge >= 0.3 is 0 Å². The fourth-order valence-electron chi connectivity index (χ4n) is 2.09. The Bertz CT molecular complexity index is 566. The van der Waals surface area contributed by atoms with Crippen LogP contribution in [-0.4, -0.2) is 15.1 Å². The van der Waals surface area contributed by atoms with Crippen molar-refractivity contribution in [1.29, 1.82) is 0 Å². The first-order valence-electron chi connectivity index (χ1n) is 6.12. The molecule has 0 aromatic carbocycles. The van der Waals surface area contributed by atoms with E-state index in [9.17, 15) is 5.11 Å². The molecule has 1 atom stereocenters. The Labute approximate surface area is 118 Å². The van der Waals surface area contributed by atoms with Gasteiger partial charge in [0, 0.05) is 11.6 Å². The molecule has 0 bridgehead atoms. The number of rotatable bonds is 2. The van der Waals surface area contributed by atoms with Gasteiger partial charge in [-0.2, -0.15) is 0 Å². The molecule has 0 saturated heterocycles. The molecule has 0 fully saturated rings. The Balaban J connectivity index is 2.66. The number of halogens is 1. The molecule has 0 radical (unpaired) electrons. The second-order valence-corrected chi connectivity index (χ2v) is 5.91. The quantitative estimate of drug-likeness (QED) is 0.855. The third-order valence-electron chi connectivity index (χ3n) is 3.21. The van der Waals surface area contributed by atoms with Crippen molar-refractivity contribution in [3.63, 3.8) is 0 Å². The minimum Gasteiger partial charge on any atom is -0.377 e. The van der Waals surface area contributed by atoms with E-state index in [4.69, 9.17) is 11.6 Å². The third-order valence-corrected chi connectivity index (χ3v) is 3.42. The molecule has 0 aliphatic rings. The van der Waals surface area contributed by atoms with E-state index in [0.717, 1.165) is 0 Å². The summed E-state index contributed by atoms with van der Waals surface area (Å²) in [6, 6.07) is 10.7. The topological polar surface area (TPSA) is 46.0 Å². The molecule has 2 aromatic rings. The zero-order valence-electron chi connectivity index (χ0n) is 11.3. The van der Waals surface area contributed by atoms with Crippen LogP contribution in [0.4, 0.5) is 0 Å². The maximum atomic E-state index is 11.2. The Morgan fingerprint density at radius 2 is 1.68 bits per heavy atom. The molecule has 0 spiro atoms. The first kappa shape index (κ1) is 14.0. The van der Waals surface area contributed by atoms with Crippen molar-refractivity contribution in [3.8, 4) is 0 Å². The van der Waals surface area contributed by atoms with Gasteiger partial charge in [-0.25, -0.2) is 4.98 Å². The molecule has 19 heavy (non-hydrogen) atoms. The van der Waals surface area contributed by atoms with Crippen molar-refractivity contribution >= 4 is 11.6 Å². The van der Waals surface area contributed by atoms with Gasteiger partial charge in [-0.1, -0.05) is 44.5 Å². The highest BCUT2D eigenvalue weighted by Gasteiger charge is 2.45. The summed E-state index contributed by atoms with van der Waals surface area (Å²) < 4.78 is 0. The Hall–Kier alpha value is -1.45. The fraction of sp³-hybridized carbons (Fsp3) is 0.333. The van der Waals surface area contributed by atoms with Crippen LogP contribution in [0.1, 0.15) is 32.2 Å². The van der Waals surface area contributed by atoms with Gasteiger partial charge in [-0.05, 0) is 24.3 Å². The maximum absolute atomic E-state index is 11.2. The fourth-order valence-corrected chi connectivity index (χ4v) is 2.25. The zero-order chi connectivity index (χ0) is 14.1. The summed E-state index contributed by atoms with van der Waals surface area (Å²) in [7, 11) is 0. The summed E-state index contributed by atoms with van der Waals surface area (Å²) >= 11 is 5.95. The van der Waals surface area contributed by atoms with Crippen molar-refractivity contribution in [2.24, 2.45) is 5.41 Å². The van der Waals surface area contributed by atoms with Gasteiger partial charge < -0.3 is 5.11 Å². The first-order valence-corrected chi connectivity index (χ1v) is 6.50. The van der Waals surface area contributed by atoms with Crippen LogP contribution in [0.5, 0.6) is 0 Å². The lowest BCUT2D eigenvalue weighted by atomic mass is 9.72. The molecular weight excluding hydrogens is 260 g/mol. The summed E-state index contributed by atoms with van der Waals surface area (Å²) in [6.07, 6.45) is 1.66. The first-order chi connectivity index (χ1) is 8.85. The van der Waals surface area contributed by atoms with Crippen molar-refractivity contribution < 1.29 is 5.11 Å². The monoisotopic (exact) mass is 276 g/mol. The van der Waals surface area contributed by atoms with E-state index in [2.05, 4.69) is 9.97 Å². The molecule has 1 N–H and O–H groups in total. The lowest BCUT2D eigenvalue weighted by molar-refractivity contribution is -0.0332. The lowest BCUT2D eigenvalue weighted by Crippen LogP contribution is -2.42. The lowest BCUT2D eigenvalue weighted by Gasteiger charge is -2.39. The van der Waals surface area contributed by atoms with Gasteiger partial charge in [0.15, 0.2) is 5.60 Å². The van der Waals surface area contributed by atoms with E-state index in [1.165, 1.54) is 0 Å². The number of aliphatic hydroxyl groups is 1. The van der Waals surface area contributed by atoms with E-state index < -0.39 is 11.0 Å². The molecule has 100 valence electrons. The van der Waals surface area contributed by atoms with Gasteiger partial charge in [-0.3, -0.25) is 4.98 Å². The Morgan fingerprint density at radius 1 is 1.00 bits per heavy atom. The second kappa shape index (κ2) is 4.91. The molecule has 2 aromatic heterocycles. The van der Waals surface area contributed by atoms with Gasteiger partial charge in [-0.15, -0.1) is 0 Å². The molecule has 0 aliphatic carbocycles. The van der Waals surface area contributed by atoms with Crippen LogP contribution in [0.15, 0.2) is 42.6 Å². The van der Waals surface area contributed by atoms with Crippen LogP contribution in [0.25, 0.3) is 0 Å². The predicted molar refractivity (Wildman–Crippen MR) is 75.9 cm³/mol. The highest BCUT2D eigenvalue weighted by molar-refractivity contribution is 6.29. The summed E-state index contributed by atoms with van der Waals surface area (Å²) in [5.74, 6) is 0. The average Bonchev–Trinajstić information content (AvgIpc) is 2.37. The Morgan fingerprint density at radius 3 is 2.21 bits per heavy atom. The number of hydrogen-bond donors (Lipinski definition) is 1. The van der Waals surface area contributed by atoms with E-state index in [-0.39, 0.29) is 0 Å². The predicted octanol–water partition coefficient (Wildman–Crippen LogP) is 3.41. The van der Waals surface area contributed by atoms with Crippen LogP contribution >= 0.6 is 11.6 Å². The minimum atomic E-state index is -1.29. The van der Waals surface area contributed by atoms with E-state index >= 15 is 0 Å². The molecule has 2 heterocycles. The normalized spacial score (nSPS) is 15.0. The average molecular weight is 277 g/mol. The van der Waals surface area contributed by atoms with Gasteiger partial charge in [0.2, 0.25) is 0 Å². The summed E-state index contributed by atoms with van der Waals surface area (Å²) in [5.41, 5.74) is -0.693. The molecule has 0 aliphatic heterocycles. The van der Waals surface area contributed by atoms with Crippen LogP contribution < -0.4 is 0 Å². The summed E-state index contributed by atoms with van der Waals surface area (Å²) in [6.45, 7) is 5.85. The van der Waals surface area contributed by atoms with Gasteiger partial charge in [0.05, 0.1) is 11.4 Å². The minimum absolute atomic E-state index is 0.358. The van der Waals surface area contributed by atoms with Crippen LogP contribution in [0, 0.1) is 5.41 Å². The Kier molecular flexibility index (Phi) is 3.61. The van der Waals surface area contributed by atoms with E-state index in [1.807, 2.05) is 32.9 Å². The number of aromatic nitrogens is 2. The molecule has 0 saturated carbocycles. The van der Waals surface area contributed by atoms with E-state index in [1.54, 1.807) is 30.5 Å². The third kappa shape index (κ3) is 2.48. The highest BCUT2D eigenvalue weighted by Crippen LogP contribution is 2.43. The number of hydrogen-bond acceptors (Lipinski definition) is 3. The van der Waals surface area contributed by atoms with Crippen LogP contribution in [0.3, 0.4) is 0 Å². The van der Waals surface area contributed by atoms with Gasteiger partial charge in [0.25, 0.3) is 0 Å². The van der Waals surface area contributed by atoms with Crippen molar-refractivity contribution in [3.05, 3.63) is 59.1 Å². The largest absolute Gasteiger partial charge is 0.377 e. The molecule has 0 amide bonds. The molecular formula is C15H17ClN2O. The van der Waals surface area contributed by atoms with Crippen molar-refractivity contribution in [2.75, 3.05) is 0 Å². The van der Waals surface area contributed by atoms with E-state index in [0.29, 0.717) is 16.5 Å². The zero-order valence-corrected chi connectivity index (χ0v) is 12.0. The SMILES string of the molecule is CC(C)(C)C(O)(c1ccccn1)c1cccc(Cl)n1. The van der Waals surface area contributed by atoms with Gasteiger partial charge in [0.1, 0.15) is 5.15 Å². The highest BCUT2D eigenvalue weighted by atomic mass is 35.5. The van der Waals surface area contributed by atoms with Crippen LogP contribution in [0.2, 0.25) is 5.15 Å². The number of nitrogens with zero attached hydrogens (tertiary/aromatic N) is 2. The van der Waals surface area contributed by atoms with Crippen molar-refractivity contribution in [2.45, 2.75) is 26.4 Å². The molecule has 1 unspecified atom stereocenters. The summed E-state index contributed by atoms with van der Waals surface area (Å²) in [4.78, 5) is 8.55. The molecule has 4 heteroatoms. The smallest absolute Gasteiger partial charge is 0.153 e. The maximum Gasteiger partial charge on any atom is 0.153 e. The second-order valence-electron chi connectivity index (χ2n) is 5.52. The van der Waals surface area contributed by atoms with Crippen LogP contribution in [-0.2, 0) is 5.60 Å². The van der Waals surface area contributed by atoms with Crippen molar-refractivity contribution in [1.82, 2.24) is 9.97 Å². The summed E-state index contributed by atoms with van der Waals surface area (Å²) in [5, 5.41) is 11.6. The molecule has 3 nitrogen and oxygen atoms in total. The number of pyridine rings is 2.